The maximum Gasteiger partial charge on any atom is 0.416 e. The zero-order valence-corrected chi connectivity index (χ0v) is 19.0. The third-order valence-corrected chi connectivity index (χ3v) is 5.95. The van der Waals surface area contributed by atoms with Crippen LogP contribution in [0.4, 0.5) is 18.9 Å². The highest BCUT2D eigenvalue weighted by Gasteiger charge is 2.30. The average molecular weight is 487 g/mol. The molecule has 34 heavy (non-hydrogen) atoms. The molecule has 1 amide bonds. The first-order valence-electron chi connectivity index (χ1n) is 10.4. The summed E-state index contributed by atoms with van der Waals surface area (Å²) in [5.41, 5.74) is 2.20. The molecular formula is C24H21F3N4O2S. The first-order valence-corrected chi connectivity index (χ1v) is 11.4. The maximum atomic E-state index is 13.0. The van der Waals surface area contributed by atoms with E-state index in [9.17, 15) is 22.8 Å². The molecule has 0 fully saturated rings. The number of anilines is 1. The van der Waals surface area contributed by atoms with Gasteiger partial charge in [-0.05, 0) is 54.3 Å². The number of aryl methyl sites for hydroxylation is 1. The molecule has 0 bridgehead atoms. The van der Waals surface area contributed by atoms with Gasteiger partial charge in [0.1, 0.15) is 5.69 Å². The van der Waals surface area contributed by atoms with Crippen LogP contribution in [0.2, 0.25) is 0 Å². The Hall–Kier alpha value is -3.66. The fourth-order valence-electron chi connectivity index (χ4n) is 3.54. The molecule has 176 valence electrons. The van der Waals surface area contributed by atoms with Crippen LogP contribution in [0.3, 0.4) is 0 Å². The number of rotatable bonds is 7. The number of carbonyl (C=O) groups is 1. The van der Waals surface area contributed by atoms with Crippen LogP contribution in [0.5, 0.6) is 0 Å². The monoisotopic (exact) mass is 486 g/mol. The number of alkyl halides is 3. The summed E-state index contributed by atoms with van der Waals surface area (Å²) in [6.07, 6.45) is -4.41. The molecule has 0 aliphatic heterocycles. The molecular weight excluding hydrogens is 465 g/mol. The Balaban J connectivity index is 1.53. The second-order valence-electron chi connectivity index (χ2n) is 7.68. The van der Waals surface area contributed by atoms with Gasteiger partial charge < -0.3 is 15.2 Å². The number of nitrogens with one attached hydrogen (secondary N) is 2. The Labute approximate surface area is 197 Å². The third kappa shape index (κ3) is 5.28. The molecule has 4 aromatic rings. The largest absolute Gasteiger partial charge is 0.416 e. The third-order valence-electron chi connectivity index (χ3n) is 5.26. The Morgan fingerprint density at radius 1 is 1.15 bits per heavy atom. The van der Waals surface area contributed by atoms with Crippen molar-refractivity contribution in [2.75, 3.05) is 11.9 Å². The van der Waals surface area contributed by atoms with Crippen LogP contribution in [-0.4, -0.2) is 22.0 Å². The zero-order chi connectivity index (χ0) is 24.3. The van der Waals surface area contributed by atoms with E-state index in [4.69, 9.17) is 0 Å². The van der Waals surface area contributed by atoms with Gasteiger partial charge >= 0.3 is 6.18 Å². The first-order chi connectivity index (χ1) is 16.2. The molecule has 2 N–H and O–H groups in total. The fourth-order valence-corrected chi connectivity index (χ4v) is 4.17. The van der Waals surface area contributed by atoms with Crippen molar-refractivity contribution in [3.63, 3.8) is 0 Å². The standard InChI is InChI=1S/C24H21F3N4O2S/c1-15-23(33)31(9-8-28-22(32)17-7-10-34-14-17)21-12-19(5-6-20(21)30-15)29-13-16-3-2-4-18(11-16)24(25,26)27/h2-7,10-12,14,29H,8-9,13H2,1H3,(H,28,32). The molecule has 0 unspecified atom stereocenters. The summed E-state index contributed by atoms with van der Waals surface area (Å²) in [4.78, 5) is 29.3. The number of hydrogen-bond acceptors (Lipinski definition) is 5. The molecule has 0 aliphatic carbocycles. The highest BCUT2D eigenvalue weighted by Crippen LogP contribution is 2.29. The molecule has 2 aromatic heterocycles. The molecule has 2 heterocycles. The fraction of sp³-hybridized carbons (Fsp3) is 0.208. The van der Waals surface area contributed by atoms with Crippen molar-refractivity contribution in [3.8, 4) is 0 Å². The van der Waals surface area contributed by atoms with Crippen LogP contribution < -0.4 is 16.2 Å². The molecule has 0 saturated heterocycles. The summed E-state index contributed by atoms with van der Waals surface area (Å²) in [7, 11) is 0. The quantitative estimate of drug-likeness (QED) is 0.393. The number of hydrogen-bond donors (Lipinski definition) is 2. The smallest absolute Gasteiger partial charge is 0.381 e. The highest BCUT2D eigenvalue weighted by atomic mass is 32.1. The van der Waals surface area contributed by atoms with Gasteiger partial charge in [-0.3, -0.25) is 9.59 Å². The predicted molar refractivity (Wildman–Crippen MR) is 126 cm³/mol. The summed E-state index contributed by atoms with van der Waals surface area (Å²) in [5.74, 6) is -0.215. The van der Waals surface area contributed by atoms with Crippen molar-refractivity contribution >= 4 is 34.0 Å². The van der Waals surface area contributed by atoms with Gasteiger partial charge in [0, 0.05) is 36.3 Å². The van der Waals surface area contributed by atoms with Crippen LogP contribution in [0.25, 0.3) is 11.0 Å². The van der Waals surface area contributed by atoms with Crippen LogP contribution in [0, 0.1) is 6.92 Å². The minimum Gasteiger partial charge on any atom is -0.381 e. The first kappa shape index (κ1) is 23.5. The molecule has 0 aliphatic rings. The average Bonchev–Trinajstić information content (AvgIpc) is 3.35. The van der Waals surface area contributed by atoms with E-state index in [0.29, 0.717) is 33.5 Å². The van der Waals surface area contributed by atoms with Crippen LogP contribution in [0.15, 0.2) is 64.1 Å². The number of carbonyl (C=O) groups excluding carboxylic acids is 1. The molecule has 0 spiro atoms. The van der Waals surface area contributed by atoms with Gasteiger partial charge in [-0.15, -0.1) is 0 Å². The molecule has 4 rings (SSSR count). The van der Waals surface area contributed by atoms with E-state index < -0.39 is 11.7 Å². The van der Waals surface area contributed by atoms with Crippen molar-refractivity contribution < 1.29 is 18.0 Å². The minimum atomic E-state index is -4.41. The maximum absolute atomic E-state index is 13.0. The molecule has 0 atom stereocenters. The van der Waals surface area contributed by atoms with Crippen molar-refractivity contribution in [1.82, 2.24) is 14.9 Å². The Bertz CT molecular complexity index is 1380. The van der Waals surface area contributed by atoms with Crippen molar-refractivity contribution in [1.29, 1.82) is 0 Å². The van der Waals surface area contributed by atoms with Crippen LogP contribution in [0.1, 0.15) is 27.2 Å². The van der Waals surface area contributed by atoms with E-state index in [2.05, 4.69) is 15.6 Å². The number of halogens is 3. The van der Waals surface area contributed by atoms with Crippen LogP contribution >= 0.6 is 11.3 Å². The predicted octanol–water partition coefficient (Wildman–Crippen LogP) is 4.83. The Morgan fingerprint density at radius 3 is 2.71 bits per heavy atom. The normalized spacial score (nSPS) is 11.5. The highest BCUT2D eigenvalue weighted by molar-refractivity contribution is 7.08. The van der Waals surface area contributed by atoms with Gasteiger partial charge in [0.2, 0.25) is 0 Å². The summed E-state index contributed by atoms with van der Waals surface area (Å²) >= 11 is 1.42. The topological polar surface area (TPSA) is 76.0 Å². The Morgan fingerprint density at radius 2 is 1.97 bits per heavy atom. The number of fused-ring (bicyclic) bond motifs is 1. The summed E-state index contributed by atoms with van der Waals surface area (Å²) in [6.45, 7) is 2.29. The Kier molecular flexibility index (Phi) is 6.69. The number of amides is 1. The number of nitrogens with zero attached hydrogens (tertiary/aromatic N) is 2. The minimum absolute atomic E-state index is 0.176. The number of thiophene rings is 1. The summed E-state index contributed by atoms with van der Waals surface area (Å²) < 4.78 is 40.4. The van der Waals surface area contributed by atoms with Gasteiger partial charge in [0.15, 0.2) is 0 Å². The van der Waals surface area contributed by atoms with Gasteiger partial charge in [-0.2, -0.15) is 24.5 Å². The second kappa shape index (κ2) is 9.68. The van der Waals surface area contributed by atoms with Gasteiger partial charge in [0.05, 0.1) is 16.6 Å². The lowest BCUT2D eigenvalue weighted by Crippen LogP contribution is -2.32. The van der Waals surface area contributed by atoms with Gasteiger partial charge in [0.25, 0.3) is 11.5 Å². The van der Waals surface area contributed by atoms with E-state index in [1.54, 1.807) is 47.2 Å². The molecule has 2 aromatic carbocycles. The van der Waals surface area contributed by atoms with E-state index in [-0.39, 0.29) is 31.1 Å². The van der Waals surface area contributed by atoms with Crippen LogP contribution in [-0.2, 0) is 19.3 Å². The van der Waals surface area contributed by atoms with Gasteiger partial charge in [-0.25, -0.2) is 4.98 Å². The second-order valence-corrected chi connectivity index (χ2v) is 8.46. The van der Waals surface area contributed by atoms with Gasteiger partial charge in [-0.1, -0.05) is 12.1 Å². The SMILES string of the molecule is Cc1nc2ccc(NCc3cccc(C(F)(F)F)c3)cc2n(CCNC(=O)c2ccsc2)c1=O. The van der Waals surface area contributed by atoms with Crippen molar-refractivity contribution in [2.45, 2.75) is 26.2 Å². The van der Waals surface area contributed by atoms with E-state index in [1.807, 2.05) is 5.38 Å². The van der Waals surface area contributed by atoms with Crippen molar-refractivity contribution in [3.05, 3.63) is 92.0 Å². The lowest BCUT2D eigenvalue weighted by Gasteiger charge is -2.14. The van der Waals surface area contributed by atoms with E-state index in [1.165, 1.54) is 17.4 Å². The zero-order valence-electron chi connectivity index (χ0n) is 18.1. The molecule has 6 nitrogen and oxygen atoms in total. The van der Waals surface area contributed by atoms with E-state index >= 15 is 0 Å². The summed E-state index contributed by atoms with van der Waals surface area (Å²) in [5, 5.41) is 9.47. The molecule has 10 heteroatoms. The lowest BCUT2D eigenvalue weighted by atomic mass is 10.1. The van der Waals surface area contributed by atoms with Crippen molar-refractivity contribution in [2.24, 2.45) is 0 Å². The number of aromatic nitrogens is 2. The van der Waals surface area contributed by atoms with E-state index in [0.717, 1.165) is 12.1 Å². The molecule has 0 saturated carbocycles. The lowest BCUT2D eigenvalue weighted by molar-refractivity contribution is -0.137. The summed E-state index contributed by atoms with van der Waals surface area (Å²) in [6, 6.07) is 12.1. The molecule has 0 radical (unpaired) electrons. The number of benzene rings is 2.